The summed E-state index contributed by atoms with van der Waals surface area (Å²) in [6.45, 7) is 2.84. The third-order valence-corrected chi connectivity index (χ3v) is 3.19. The summed E-state index contributed by atoms with van der Waals surface area (Å²) in [7, 11) is 1.61. The van der Waals surface area contributed by atoms with Crippen molar-refractivity contribution in [1.29, 1.82) is 0 Å². The fourth-order valence-corrected chi connectivity index (χ4v) is 2.02. The number of benzene rings is 2. The van der Waals surface area contributed by atoms with Crippen LogP contribution in [0.4, 0.5) is 5.69 Å². The Kier molecular flexibility index (Phi) is 4.42. The second kappa shape index (κ2) is 6.25. The van der Waals surface area contributed by atoms with E-state index in [0.717, 1.165) is 17.8 Å². The molecule has 19 heavy (non-hydrogen) atoms. The maximum absolute atomic E-state index is 9.30. The van der Waals surface area contributed by atoms with E-state index < -0.39 is 0 Å². The first-order chi connectivity index (χ1) is 9.24. The molecule has 2 aromatic rings. The number of aliphatic hydroxyl groups is 1. The van der Waals surface area contributed by atoms with Crippen LogP contribution in [-0.4, -0.2) is 12.2 Å². The van der Waals surface area contributed by atoms with Crippen molar-refractivity contribution >= 4 is 5.69 Å². The van der Waals surface area contributed by atoms with Crippen LogP contribution in [0.3, 0.4) is 0 Å². The first-order valence-corrected chi connectivity index (χ1v) is 6.30. The fraction of sp³-hybridized carbons (Fsp3) is 0.250. The Morgan fingerprint density at radius 3 is 2.58 bits per heavy atom. The van der Waals surface area contributed by atoms with Gasteiger partial charge in [0.15, 0.2) is 0 Å². The van der Waals surface area contributed by atoms with E-state index in [-0.39, 0.29) is 6.61 Å². The highest BCUT2D eigenvalue weighted by atomic mass is 16.5. The standard InChI is InChI=1S/C16H19NO2/c1-12-5-3-4-6-13(12)10-17-15-7-8-16(19-2)14(9-15)11-18/h3-9,17-18H,10-11H2,1-2H3. The molecule has 0 unspecified atom stereocenters. The van der Waals surface area contributed by atoms with E-state index >= 15 is 0 Å². The van der Waals surface area contributed by atoms with E-state index in [1.165, 1.54) is 11.1 Å². The average molecular weight is 257 g/mol. The van der Waals surface area contributed by atoms with Gasteiger partial charge in [0, 0.05) is 17.8 Å². The van der Waals surface area contributed by atoms with Crippen molar-refractivity contribution in [2.24, 2.45) is 0 Å². The van der Waals surface area contributed by atoms with Gasteiger partial charge in [-0.1, -0.05) is 24.3 Å². The molecule has 0 atom stereocenters. The van der Waals surface area contributed by atoms with Crippen molar-refractivity contribution in [1.82, 2.24) is 0 Å². The maximum atomic E-state index is 9.30. The van der Waals surface area contributed by atoms with Crippen molar-refractivity contribution in [3.05, 3.63) is 59.2 Å². The molecule has 0 radical (unpaired) electrons. The Balaban J connectivity index is 2.10. The minimum Gasteiger partial charge on any atom is -0.496 e. The predicted octanol–water partition coefficient (Wildman–Crippen LogP) is 3.11. The Morgan fingerprint density at radius 1 is 1.11 bits per heavy atom. The van der Waals surface area contributed by atoms with Crippen molar-refractivity contribution in [3.8, 4) is 5.75 Å². The molecule has 2 N–H and O–H groups in total. The van der Waals surface area contributed by atoms with Gasteiger partial charge in [-0.25, -0.2) is 0 Å². The van der Waals surface area contributed by atoms with Crippen molar-refractivity contribution in [2.75, 3.05) is 12.4 Å². The smallest absolute Gasteiger partial charge is 0.124 e. The third-order valence-electron chi connectivity index (χ3n) is 3.19. The maximum Gasteiger partial charge on any atom is 0.124 e. The highest BCUT2D eigenvalue weighted by Gasteiger charge is 2.03. The molecule has 0 fully saturated rings. The van der Waals surface area contributed by atoms with E-state index in [1.807, 2.05) is 30.3 Å². The average Bonchev–Trinajstić information content (AvgIpc) is 2.46. The van der Waals surface area contributed by atoms with Gasteiger partial charge in [-0.3, -0.25) is 0 Å². The van der Waals surface area contributed by atoms with Gasteiger partial charge in [0.2, 0.25) is 0 Å². The van der Waals surface area contributed by atoms with Gasteiger partial charge in [0.1, 0.15) is 5.75 Å². The molecular formula is C16H19NO2. The lowest BCUT2D eigenvalue weighted by Gasteiger charge is -2.12. The molecular weight excluding hydrogens is 238 g/mol. The summed E-state index contributed by atoms with van der Waals surface area (Å²) in [6.07, 6.45) is 0. The fourth-order valence-electron chi connectivity index (χ4n) is 2.02. The molecule has 100 valence electrons. The molecule has 0 saturated heterocycles. The van der Waals surface area contributed by atoms with Gasteiger partial charge in [0.05, 0.1) is 13.7 Å². The van der Waals surface area contributed by atoms with Crippen LogP contribution >= 0.6 is 0 Å². The van der Waals surface area contributed by atoms with Crippen LogP contribution in [-0.2, 0) is 13.2 Å². The lowest BCUT2D eigenvalue weighted by Crippen LogP contribution is -2.02. The van der Waals surface area contributed by atoms with Gasteiger partial charge >= 0.3 is 0 Å². The Labute approximate surface area is 113 Å². The molecule has 0 aliphatic rings. The van der Waals surface area contributed by atoms with Crippen molar-refractivity contribution in [2.45, 2.75) is 20.1 Å². The minimum atomic E-state index is -0.0247. The largest absolute Gasteiger partial charge is 0.496 e. The normalized spacial score (nSPS) is 10.3. The van der Waals surface area contributed by atoms with Crippen LogP contribution < -0.4 is 10.1 Å². The number of anilines is 1. The highest BCUT2D eigenvalue weighted by Crippen LogP contribution is 2.23. The van der Waals surface area contributed by atoms with E-state index in [9.17, 15) is 5.11 Å². The number of ether oxygens (including phenoxy) is 1. The van der Waals surface area contributed by atoms with E-state index in [1.54, 1.807) is 7.11 Å². The highest BCUT2D eigenvalue weighted by molar-refractivity contribution is 5.51. The Morgan fingerprint density at radius 2 is 1.89 bits per heavy atom. The second-order valence-electron chi connectivity index (χ2n) is 4.46. The summed E-state index contributed by atoms with van der Waals surface area (Å²) in [4.78, 5) is 0. The molecule has 0 aliphatic heterocycles. The van der Waals surface area contributed by atoms with Gasteiger partial charge < -0.3 is 15.2 Å². The van der Waals surface area contributed by atoms with Crippen LogP contribution in [0, 0.1) is 6.92 Å². The summed E-state index contributed by atoms with van der Waals surface area (Å²) in [5, 5.41) is 12.7. The minimum absolute atomic E-state index is 0.0247. The van der Waals surface area contributed by atoms with Gasteiger partial charge in [-0.15, -0.1) is 0 Å². The number of hydrogen-bond acceptors (Lipinski definition) is 3. The van der Waals surface area contributed by atoms with E-state index in [0.29, 0.717) is 5.75 Å². The lowest BCUT2D eigenvalue weighted by molar-refractivity contribution is 0.274. The molecule has 0 aliphatic carbocycles. The first kappa shape index (κ1) is 13.4. The van der Waals surface area contributed by atoms with Crippen LogP contribution in [0.5, 0.6) is 5.75 Å². The third kappa shape index (κ3) is 3.26. The zero-order valence-electron chi connectivity index (χ0n) is 11.3. The number of aryl methyl sites for hydroxylation is 1. The summed E-state index contributed by atoms with van der Waals surface area (Å²) in [5.74, 6) is 0.712. The summed E-state index contributed by atoms with van der Waals surface area (Å²) in [6, 6.07) is 14.0. The van der Waals surface area contributed by atoms with Crippen LogP contribution in [0.1, 0.15) is 16.7 Å². The van der Waals surface area contributed by atoms with E-state index in [4.69, 9.17) is 4.74 Å². The molecule has 2 aromatic carbocycles. The molecule has 3 heteroatoms. The Bertz CT molecular complexity index is 552. The van der Waals surface area contributed by atoms with Crippen LogP contribution in [0.15, 0.2) is 42.5 Å². The number of nitrogens with one attached hydrogen (secondary N) is 1. The topological polar surface area (TPSA) is 41.5 Å². The second-order valence-corrected chi connectivity index (χ2v) is 4.46. The molecule has 3 nitrogen and oxygen atoms in total. The summed E-state index contributed by atoms with van der Waals surface area (Å²) in [5.41, 5.74) is 4.31. The molecule has 0 bridgehead atoms. The lowest BCUT2D eigenvalue weighted by atomic mass is 10.1. The number of methoxy groups -OCH3 is 1. The number of rotatable bonds is 5. The molecule has 0 aromatic heterocycles. The quantitative estimate of drug-likeness (QED) is 0.864. The SMILES string of the molecule is COc1ccc(NCc2ccccc2C)cc1CO. The van der Waals surface area contributed by atoms with Crippen LogP contribution in [0.25, 0.3) is 0 Å². The Hall–Kier alpha value is -2.00. The van der Waals surface area contributed by atoms with Gasteiger partial charge in [-0.2, -0.15) is 0 Å². The summed E-state index contributed by atoms with van der Waals surface area (Å²) < 4.78 is 5.19. The molecule has 0 amide bonds. The monoisotopic (exact) mass is 257 g/mol. The van der Waals surface area contributed by atoms with Crippen LogP contribution in [0.2, 0.25) is 0 Å². The van der Waals surface area contributed by atoms with Crippen molar-refractivity contribution in [3.63, 3.8) is 0 Å². The van der Waals surface area contributed by atoms with Gasteiger partial charge in [-0.05, 0) is 36.2 Å². The number of aliphatic hydroxyl groups excluding tert-OH is 1. The van der Waals surface area contributed by atoms with Gasteiger partial charge in [0.25, 0.3) is 0 Å². The van der Waals surface area contributed by atoms with Crippen molar-refractivity contribution < 1.29 is 9.84 Å². The summed E-state index contributed by atoms with van der Waals surface area (Å²) >= 11 is 0. The number of hydrogen-bond donors (Lipinski definition) is 2. The van der Waals surface area contributed by atoms with E-state index in [2.05, 4.69) is 24.4 Å². The first-order valence-electron chi connectivity index (χ1n) is 6.30. The molecule has 0 saturated carbocycles. The zero-order chi connectivity index (χ0) is 13.7. The molecule has 0 spiro atoms. The zero-order valence-corrected chi connectivity index (χ0v) is 11.3. The molecule has 2 rings (SSSR count). The molecule has 0 heterocycles. The predicted molar refractivity (Wildman–Crippen MR) is 77.4 cm³/mol.